The Bertz CT molecular complexity index is 994. The summed E-state index contributed by atoms with van der Waals surface area (Å²) in [5, 5.41) is 29.6. The van der Waals surface area contributed by atoms with E-state index in [1.807, 2.05) is 6.07 Å². The number of benzene rings is 2. The van der Waals surface area contributed by atoms with Gasteiger partial charge in [0.05, 0.1) is 23.3 Å². The van der Waals surface area contributed by atoms with Crippen molar-refractivity contribution in [3.63, 3.8) is 0 Å². The number of nitriles is 1. The minimum absolute atomic E-state index is 0.0202. The number of hydrogen-bond donors (Lipinski definition) is 2. The monoisotopic (exact) mass is 388 g/mol. The van der Waals surface area contributed by atoms with E-state index in [0.717, 1.165) is 12.1 Å². The van der Waals surface area contributed by atoms with Gasteiger partial charge in [-0.25, -0.2) is 0 Å². The SMILES string of the molecule is C[C@H](O)[C@@H](Nc1ccc(C#N)c(C(F)(F)F)c1)c1nnc(-c2ccccc2)o1. The van der Waals surface area contributed by atoms with Crippen LogP contribution < -0.4 is 5.32 Å². The number of rotatable bonds is 5. The van der Waals surface area contributed by atoms with Gasteiger partial charge in [-0.05, 0) is 37.3 Å². The highest BCUT2D eigenvalue weighted by atomic mass is 19.4. The van der Waals surface area contributed by atoms with Crippen LogP contribution in [0.15, 0.2) is 52.9 Å². The van der Waals surface area contributed by atoms with Crippen molar-refractivity contribution in [3.05, 3.63) is 65.5 Å². The Morgan fingerprint density at radius 3 is 2.46 bits per heavy atom. The molecule has 0 spiro atoms. The van der Waals surface area contributed by atoms with Crippen molar-refractivity contribution in [1.82, 2.24) is 10.2 Å². The van der Waals surface area contributed by atoms with Crippen LogP contribution in [0.5, 0.6) is 0 Å². The molecule has 0 unspecified atom stereocenters. The number of anilines is 1. The number of alkyl halides is 3. The third-order valence-electron chi connectivity index (χ3n) is 3.98. The van der Waals surface area contributed by atoms with Gasteiger partial charge in [-0.15, -0.1) is 10.2 Å². The maximum atomic E-state index is 13.2. The van der Waals surface area contributed by atoms with Gasteiger partial charge in [-0.1, -0.05) is 18.2 Å². The lowest BCUT2D eigenvalue weighted by atomic mass is 10.1. The third kappa shape index (κ3) is 4.13. The van der Waals surface area contributed by atoms with Crippen LogP contribution in [0.3, 0.4) is 0 Å². The van der Waals surface area contributed by atoms with Crippen molar-refractivity contribution >= 4 is 5.69 Å². The number of aromatic nitrogens is 2. The first-order chi connectivity index (χ1) is 13.3. The molecule has 0 fully saturated rings. The highest BCUT2D eigenvalue weighted by Crippen LogP contribution is 2.34. The molecule has 3 aromatic rings. The van der Waals surface area contributed by atoms with Crippen LogP contribution in [0, 0.1) is 11.3 Å². The maximum Gasteiger partial charge on any atom is 0.417 e. The Balaban J connectivity index is 1.91. The van der Waals surface area contributed by atoms with Crippen molar-refractivity contribution < 1.29 is 22.7 Å². The van der Waals surface area contributed by atoms with Crippen molar-refractivity contribution in [3.8, 4) is 17.5 Å². The molecule has 0 bridgehead atoms. The van der Waals surface area contributed by atoms with Crippen molar-refractivity contribution in [2.24, 2.45) is 0 Å². The summed E-state index contributed by atoms with van der Waals surface area (Å²) in [4.78, 5) is 0. The second kappa shape index (κ2) is 7.70. The number of nitrogens with zero attached hydrogens (tertiary/aromatic N) is 3. The molecule has 2 aromatic carbocycles. The molecule has 6 nitrogen and oxygen atoms in total. The van der Waals surface area contributed by atoms with Gasteiger partial charge in [-0.2, -0.15) is 18.4 Å². The van der Waals surface area contributed by atoms with Gasteiger partial charge in [0.2, 0.25) is 11.8 Å². The highest BCUT2D eigenvalue weighted by molar-refractivity contribution is 5.54. The molecule has 2 atom stereocenters. The lowest BCUT2D eigenvalue weighted by molar-refractivity contribution is -0.137. The molecule has 3 rings (SSSR count). The quantitative estimate of drug-likeness (QED) is 0.682. The van der Waals surface area contributed by atoms with E-state index < -0.39 is 29.4 Å². The summed E-state index contributed by atoms with van der Waals surface area (Å²) in [6.07, 6.45) is -5.73. The maximum absolute atomic E-state index is 13.2. The van der Waals surface area contributed by atoms with Gasteiger partial charge in [0.1, 0.15) is 6.04 Å². The van der Waals surface area contributed by atoms with E-state index >= 15 is 0 Å². The Morgan fingerprint density at radius 2 is 1.86 bits per heavy atom. The van der Waals surface area contributed by atoms with E-state index in [4.69, 9.17) is 9.68 Å². The molecule has 1 aromatic heterocycles. The third-order valence-corrected chi connectivity index (χ3v) is 3.98. The highest BCUT2D eigenvalue weighted by Gasteiger charge is 2.34. The molecule has 0 saturated carbocycles. The summed E-state index contributed by atoms with van der Waals surface area (Å²) in [6, 6.07) is 12.7. The molecular weight excluding hydrogens is 373 g/mol. The van der Waals surface area contributed by atoms with Gasteiger partial charge in [-0.3, -0.25) is 0 Å². The molecule has 0 radical (unpaired) electrons. The van der Waals surface area contributed by atoms with Gasteiger partial charge in [0, 0.05) is 11.3 Å². The number of halogens is 3. The Labute approximate surface area is 158 Å². The van der Waals surface area contributed by atoms with Crippen molar-refractivity contribution in [2.75, 3.05) is 5.32 Å². The van der Waals surface area contributed by atoms with E-state index in [-0.39, 0.29) is 17.5 Å². The molecule has 2 N–H and O–H groups in total. The van der Waals surface area contributed by atoms with Crippen molar-refractivity contribution in [1.29, 1.82) is 5.26 Å². The zero-order chi connectivity index (χ0) is 20.3. The summed E-state index contributed by atoms with van der Waals surface area (Å²) >= 11 is 0. The van der Waals surface area contributed by atoms with Crippen LogP contribution in [-0.4, -0.2) is 21.4 Å². The van der Waals surface area contributed by atoms with E-state index in [1.165, 1.54) is 19.1 Å². The van der Waals surface area contributed by atoms with Crippen LogP contribution in [-0.2, 0) is 6.18 Å². The number of aliphatic hydroxyl groups is 1. The van der Waals surface area contributed by atoms with Crippen LogP contribution in [0.1, 0.15) is 30.0 Å². The predicted octanol–water partition coefficient (Wildman–Crippen LogP) is 4.16. The van der Waals surface area contributed by atoms with Crippen LogP contribution >= 0.6 is 0 Å². The molecule has 144 valence electrons. The topological polar surface area (TPSA) is 95.0 Å². The molecular formula is C19H15F3N4O2. The molecule has 0 aliphatic heterocycles. The van der Waals surface area contributed by atoms with Crippen LogP contribution in [0.4, 0.5) is 18.9 Å². The number of hydrogen-bond acceptors (Lipinski definition) is 6. The summed E-state index contributed by atoms with van der Waals surface area (Å²) in [5.41, 5.74) is -0.837. The second-order valence-corrected chi connectivity index (χ2v) is 6.04. The summed E-state index contributed by atoms with van der Waals surface area (Å²) < 4.78 is 45.1. The minimum Gasteiger partial charge on any atom is -0.418 e. The normalized spacial score (nSPS) is 13.6. The Hall–Kier alpha value is -3.38. The zero-order valence-electron chi connectivity index (χ0n) is 14.6. The van der Waals surface area contributed by atoms with Gasteiger partial charge >= 0.3 is 6.18 Å². The largest absolute Gasteiger partial charge is 0.418 e. The molecule has 0 saturated heterocycles. The van der Waals surface area contributed by atoms with Gasteiger partial charge in [0.15, 0.2) is 0 Å². The van der Waals surface area contributed by atoms with E-state index in [1.54, 1.807) is 24.3 Å². The minimum atomic E-state index is -4.69. The lowest BCUT2D eigenvalue weighted by Crippen LogP contribution is -2.23. The zero-order valence-corrected chi connectivity index (χ0v) is 14.6. The second-order valence-electron chi connectivity index (χ2n) is 6.04. The molecule has 1 heterocycles. The first-order valence-corrected chi connectivity index (χ1v) is 8.24. The fourth-order valence-electron chi connectivity index (χ4n) is 2.59. The summed E-state index contributed by atoms with van der Waals surface area (Å²) in [6.45, 7) is 1.44. The Morgan fingerprint density at radius 1 is 1.14 bits per heavy atom. The summed E-state index contributed by atoms with van der Waals surface area (Å²) in [7, 11) is 0. The standard InChI is InChI=1S/C19H15F3N4O2/c1-11(27)16(18-26-25-17(28-18)12-5-3-2-4-6-12)24-14-8-7-13(10-23)15(9-14)19(20,21)22/h2-9,11,16,24,27H,1H3/t11-,16+/m0/s1. The summed E-state index contributed by atoms with van der Waals surface area (Å²) in [5.74, 6) is 0.241. The van der Waals surface area contributed by atoms with Gasteiger partial charge in [0.25, 0.3) is 0 Å². The smallest absolute Gasteiger partial charge is 0.417 e. The predicted molar refractivity (Wildman–Crippen MR) is 93.9 cm³/mol. The average molecular weight is 388 g/mol. The number of aliphatic hydroxyl groups excluding tert-OH is 1. The van der Waals surface area contributed by atoms with Crippen molar-refractivity contribution in [2.45, 2.75) is 25.2 Å². The van der Waals surface area contributed by atoms with E-state index in [0.29, 0.717) is 5.56 Å². The van der Waals surface area contributed by atoms with Crippen LogP contribution in [0.25, 0.3) is 11.5 Å². The van der Waals surface area contributed by atoms with Crippen LogP contribution in [0.2, 0.25) is 0 Å². The first kappa shape index (κ1) is 19.4. The molecule has 28 heavy (non-hydrogen) atoms. The fraction of sp³-hybridized carbons (Fsp3) is 0.211. The van der Waals surface area contributed by atoms with Gasteiger partial charge < -0.3 is 14.8 Å². The Kier molecular flexibility index (Phi) is 5.33. The molecule has 0 amide bonds. The average Bonchev–Trinajstić information content (AvgIpc) is 3.15. The first-order valence-electron chi connectivity index (χ1n) is 8.24. The molecule has 0 aliphatic carbocycles. The van der Waals surface area contributed by atoms with E-state index in [2.05, 4.69) is 15.5 Å². The number of nitrogens with one attached hydrogen (secondary N) is 1. The molecule has 0 aliphatic rings. The molecule has 9 heteroatoms. The lowest BCUT2D eigenvalue weighted by Gasteiger charge is -2.20. The fourth-order valence-corrected chi connectivity index (χ4v) is 2.59. The van der Waals surface area contributed by atoms with E-state index in [9.17, 15) is 18.3 Å².